The highest BCUT2D eigenvalue weighted by molar-refractivity contribution is 7.85. The van der Waals surface area contributed by atoms with Crippen molar-refractivity contribution in [3.8, 4) is 5.75 Å². The second kappa shape index (κ2) is 7.81. The van der Waals surface area contributed by atoms with Gasteiger partial charge in [-0.15, -0.1) is 0 Å². The number of hydrogen-bond acceptors (Lipinski definition) is 4. The van der Waals surface area contributed by atoms with Gasteiger partial charge in [0.1, 0.15) is 5.75 Å². The molecule has 2 aromatic rings. The quantitative estimate of drug-likeness (QED) is 0.784. The lowest BCUT2D eigenvalue weighted by molar-refractivity contribution is 0.414. The maximum absolute atomic E-state index is 12.1. The molecule has 1 heterocycles. The Hall–Kier alpha value is -1.85. The molecule has 5 heteroatoms. The van der Waals surface area contributed by atoms with E-state index in [1.54, 1.807) is 7.11 Å². The molecular weight excluding hydrogens is 320 g/mol. The standard InChI is InChI=1S/C19H24N2O2S/c1-21-14-24(22)19-12-15(7-10-18(19)21)4-3-11-20-13-16-5-8-17(23-2)9-6-16/h5-10,12,20H,3-4,11,13-14H2,1-2H3. The van der Waals surface area contributed by atoms with Crippen LogP contribution in [0.25, 0.3) is 0 Å². The maximum atomic E-state index is 12.1. The Balaban J connectivity index is 1.44. The predicted octanol–water partition coefficient (Wildman–Crippen LogP) is 2.93. The zero-order valence-corrected chi connectivity index (χ0v) is 15.1. The van der Waals surface area contributed by atoms with Gasteiger partial charge in [0, 0.05) is 13.6 Å². The second-order valence-electron chi connectivity index (χ2n) is 6.10. The first kappa shape index (κ1) is 17.0. The Morgan fingerprint density at radius 1 is 1.17 bits per heavy atom. The molecule has 24 heavy (non-hydrogen) atoms. The zero-order chi connectivity index (χ0) is 16.9. The molecule has 4 nitrogen and oxygen atoms in total. The van der Waals surface area contributed by atoms with Gasteiger partial charge in [0.05, 0.1) is 34.4 Å². The van der Waals surface area contributed by atoms with Gasteiger partial charge < -0.3 is 15.0 Å². The molecule has 3 rings (SSSR count). The second-order valence-corrected chi connectivity index (χ2v) is 7.49. The van der Waals surface area contributed by atoms with Gasteiger partial charge >= 0.3 is 0 Å². The van der Waals surface area contributed by atoms with Crippen molar-refractivity contribution in [3.63, 3.8) is 0 Å². The molecule has 2 aromatic carbocycles. The number of nitrogens with one attached hydrogen (secondary N) is 1. The van der Waals surface area contributed by atoms with E-state index < -0.39 is 10.8 Å². The molecule has 0 amide bonds. The summed E-state index contributed by atoms with van der Waals surface area (Å²) in [7, 11) is 2.80. The van der Waals surface area contributed by atoms with Crippen molar-refractivity contribution in [2.24, 2.45) is 0 Å². The number of aryl methyl sites for hydroxylation is 1. The van der Waals surface area contributed by atoms with Crippen LogP contribution >= 0.6 is 0 Å². The minimum Gasteiger partial charge on any atom is -0.497 e. The number of methoxy groups -OCH3 is 1. The van der Waals surface area contributed by atoms with Crippen LogP contribution < -0.4 is 15.0 Å². The Bertz CT molecular complexity index is 716. The number of anilines is 1. The zero-order valence-electron chi connectivity index (χ0n) is 14.2. The van der Waals surface area contributed by atoms with Crippen LogP contribution in [-0.2, 0) is 23.8 Å². The lowest BCUT2D eigenvalue weighted by Gasteiger charge is -2.10. The molecule has 1 atom stereocenters. The van der Waals surface area contributed by atoms with Gasteiger partial charge in [-0.3, -0.25) is 4.21 Å². The molecule has 1 N–H and O–H groups in total. The third kappa shape index (κ3) is 3.97. The molecule has 0 aromatic heterocycles. The molecule has 1 unspecified atom stereocenters. The molecule has 0 saturated carbocycles. The summed E-state index contributed by atoms with van der Waals surface area (Å²) < 4.78 is 17.2. The fraction of sp³-hybridized carbons (Fsp3) is 0.368. The van der Waals surface area contributed by atoms with Crippen molar-refractivity contribution >= 4 is 16.5 Å². The Morgan fingerprint density at radius 3 is 2.67 bits per heavy atom. The van der Waals surface area contributed by atoms with Crippen molar-refractivity contribution in [2.45, 2.75) is 24.3 Å². The van der Waals surface area contributed by atoms with Crippen LogP contribution in [0.5, 0.6) is 5.75 Å². The summed E-state index contributed by atoms with van der Waals surface area (Å²) in [6.07, 6.45) is 2.07. The van der Waals surface area contributed by atoms with Crippen LogP contribution in [0.3, 0.4) is 0 Å². The van der Waals surface area contributed by atoms with E-state index in [1.807, 2.05) is 19.2 Å². The van der Waals surface area contributed by atoms with E-state index >= 15 is 0 Å². The molecule has 128 valence electrons. The van der Waals surface area contributed by atoms with Gasteiger partial charge in [-0.25, -0.2) is 0 Å². The summed E-state index contributed by atoms with van der Waals surface area (Å²) in [6.45, 7) is 1.83. The SMILES string of the molecule is COc1ccc(CNCCCc2ccc3c(c2)S(=O)CN3C)cc1. The Morgan fingerprint density at radius 2 is 1.92 bits per heavy atom. The predicted molar refractivity (Wildman–Crippen MR) is 99.1 cm³/mol. The summed E-state index contributed by atoms with van der Waals surface area (Å²) in [4.78, 5) is 3.05. The van der Waals surface area contributed by atoms with Crippen LogP contribution in [0.1, 0.15) is 17.5 Å². The first-order valence-corrected chi connectivity index (χ1v) is 9.55. The largest absolute Gasteiger partial charge is 0.497 e. The van der Waals surface area contributed by atoms with Crippen LogP contribution in [0.15, 0.2) is 47.4 Å². The molecule has 0 bridgehead atoms. The normalized spacial score (nSPS) is 16.2. The maximum Gasteiger partial charge on any atom is 0.118 e. The molecular formula is C19H24N2O2S. The fourth-order valence-corrected chi connectivity index (χ4v) is 4.29. The van der Waals surface area contributed by atoms with Crippen molar-refractivity contribution in [1.82, 2.24) is 5.32 Å². The fourth-order valence-electron chi connectivity index (χ4n) is 2.92. The number of nitrogens with zero attached hydrogens (tertiary/aromatic N) is 1. The monoisotopic (exact) mass is 344 g/mol. The summed E-state index contributed by atoms with van der Waals surface area (Å²) in [6, 6.07) is 14.5. The molecule has 0 saturated heterocycles. The average Bonchev–Trinajstić information content (AvgIpc) is 2.89. The van der Waals surface area contributed by atoms with Gasteiger partial charge in [0.2, 0.25) is 0 Å². The molecule has 1 aliphatic heterocycles. The lowest BCUT2D eigenvalue weighted by Crippen LogP contribution is -2.15. The minimum absolute atomic E-state index is 0.613. The summed E-state index contributed by atoms with van der Waals surface area (Å²) in [5, 5.41) is 3.47. The third-order valence-electron chi connectivity index (χ3n) is 4.30. The van der Waals surface area contributed by atoms with Gasteiger partial charge in [0.25, 0.3) is 0 Å². The van der Waals surface area contributed by atoms with E-state index in [1.165, 1.54) is 11.1 Å². The van der Waals surface area contributed by atoms with Crippen LogP contribution in [0, 0.1) is 0 Å². The molecule has 0 spiro atoms. The van der Waals surface area contributed by atoms with Crippen LogP contribution in [0.4, 0.5) is 5.69 Å². The van der Waals surface area contributed by atoms with E-state index in [-0.39, 0.29) is 0 Å². The number of rotatable bonds is 7. The number of hydrogen-bond donors (Lipinski definition) is 1. The van der Waals surface area contributed by atoms with E-state index in [0.29, 0.717) is 5.88 Å². The third-order valence-corrected chi connectivity index (χ3v) is 5.74. The average molecular weight is 344 g/mol. The van der Waals surface area contributed by atoms with E-state index in [9.17, 15) is 4.21 Å². The highest BCUT2D eigenvalue weighted by Crippen LogP contribution is 2.31. The van der Waals surface area contributed by atoms with Crippen molar-refractivity contribution in [1.29, 1.82) is 0 Å². The molecule has 0 aliphatic carbocycles. The lowest BCUT2D eigenvalue weighted by atomic mass is 10.1. The van der Waals surface area contributed by atoms with Gasteiger partial charge in [-0.1, -0.05) is 18.2 Å². The topological polar surface area (TPSA) is 41.6 Å². The van der Waals surface area contributed by atoms with Crippen molar-refractivity contribution in [3.05, 3.63) is 53.6 Å². The number of ether oxygens (including phenoxy) is 1. The highest BCUT2D eigenvalue weighted by Gasteiger charge is 2.22. The minimum atomic E-state index is -0.875. The molecule has 0 fully saturated rings. The van der Waals surface area contributed by atoms with E-state index in [4.69, 9.17) is 4.74 Å². The van der Waals surface area contributed by atoms with E-state index in [0.717, 1.165) is 42.3 Å². The van der Waals surface area contributed by atoms with Crippen molar-refractivity contribution in [2.75, 3.05) is 31.5 Å². The first-order chi connectivity index (χ1) is 11.7. The number of benzene rings is 2. The summed E-state index contributed by atoms with van der Waals surface area (Å²) >= 11 is 0. The number of fused-ring (bicyclic) bond motifs is 1. The van der Waals surface area contributed by atoms with Crippen LogP contribution in [-0.4, -0.2) is 30.8 Å². The van der Waals surface area contributed by atoms with E-state index in [2.05, 4.69) is 40.5 Å². The molecule has 0 radical (unpaired) electrons. The van der Waals surface area contributed by atoms with Crippen molar-refractivity contribution < 1.29 is 8.95 Å². The van der Waals surface area contributed by atoms with Gasteiger partial charge in [0.15, 0.2) is 0 Å². The van der Waals surface area contributed by atoms with Crippen LogP contribution in [0.2, 0.25) is 0 Å². The highest BCUT2D eigenvalue weighted by atomic mass is 32.2. The Labute approximate surface area is 146 Å². The first-order valence-electron chi connectivity index (χ1n) is 8.23. The van der Waals surface area contributed by atoms with Gasteiger partial charge in [-0.05, 0) is 54.8 Å². The Kier molecular flexibility index (Phi) is 5.53. The molecule has 1 aliphatic rings. The summed E-state index contributed by atoms with van der Waals surface area (Å²) in [5.74, 6) is 1.50. The summed E-state index contributed by atoms with van der Waals surface area (Å²) in [5.41, 5.74) is 3.63. The van der Waals surface area contributed by atoms with Gasteiger partial charge in [-0.2, -0.15) is 0 Å². The smallest absolute Gasteiger partial charge is 0.118 e.